The SMILES string of the molecule is Cc1ccccc1NC(=O)C1[C@@H]2[C@@H]3CC[C@H](C3)[C@H]12. The van der Waals surface area contributed by atoms with E-state index in [0.29, 0.717) is 5.92 Å². The van der Waals surface area contributed by atoms with Crippen molar-refractivity contribution in [2.45, 2.75) is 26.2 Å². The van der Waals surface area contributed by atoms with Crippen LogP contribution in [0.3, 0.4) is 0 Å². The average Bonchev–Trinajstić information content (AvgIpc) is 2.82. The summed E-state index contributed by atoms with van der Waals surface area (Å²) in [4.78, 5) is 12.3. The number of amides is 1. The number of para-hydroxylation sites is 1. The molecule has 0 aromatic heterocycles. The topological polar surface area (TPSA) is 29.1 Å². The van der Waals surface area contributed by atoms with Crippen molar-refractivity contribution in [1.82, 2.24) is 0 Å². The zero-order valence-corrected chi connectivity index (χ0v) is 10.7. The van der Waals surface area contributed by atoms with Gasteiger partial charge in [0, 0.05) is 11.6 Å². The van der Waals surface area contributed by atoms with Crippen molar-refractivity contribution in [2.24, 2.45) is 29.6 Å². The van der Waals surface area contributed by atoms with Crippen LogP contribution in [0, 0.1) is 36.5 Å². The number of rotatable bonds is 2. The van der Waals surface area contributed by atoms with Gasteiger partial charge in [0.05, 0.1) is 0 Å². The third-order valence-electron chi connectivity index (χ3n) is 5.44. The molecule has 1 unspecified atom stereocenters. The molecule has 3 fully saturated rings. The lowest BCUT2D eigenvalue weighted by molar-refractivity contribution is -0.118. The monoisotopic (exact) mass is 241 g/mol. The molecule has 4 rings (SSSR count). The Morgan fingerprint density at radius 3 is 2.50 bits per heavy atom. The summed E-state index contributed by atoms with van der Waals surface area (Å²) in [6.45, 7) is 2.05. The fourth-order valence-electron chi connectivity index (χ4n) is 4.60. The van der Waals surface area contributed by atoms with E-state index >= 15 is 0 Å². The molecule has 3 aliphatic rings. The summed E-state index contributed by atoms with van der Waals surface area (Å²) in [6.07, 6.45) is 4.16. The fraction of sp³-hybridized carbons (Fsp3) is 0.562. The van der Waals surface area contributed by atoms with Gasteiger partial charge < -0.3 is 5.32 Å². The fourth-order valence-corrected chi connectivity index (χ4v) is 4.60. The van der Waals surface area contributed by atoms with Gasteiger partial charge >= 0.3 is 0 Å². The molecule has 0 aliphatic heterocycles. The van der Waals surface area contributed by atoms with Crippen molar-refractivity contribution in [3.8, 4) is 0 Å². The number of fused-ring (bicyclic) bond motifs is 5. The Kier molecular flexibility index (Phi) is 2.12. The molecule has 1 aromatic carbocycles. The Balaban J connectivity index is 1.48. The molecule has 0 spiro atoms. The average molecular weight is 241 g/mol. The summed E-state index contributed by atoms with van der Waals surface area (Å²) in [5, 5.41) is 3.13. The Labute approximate surface area is 108 Å². The first-order chi connectivity index (χ1) is 8.75. The van der Waals surface area contributed by atoms with Gasteiger partial charge in [0.1, 0.15) is 0 Å². The molecule has 94 valence electrons. The van der Waals surface area contributed by atoms with Crippen molar-refractivity contribution in [1.29, 1.82) is 0 Å². The first-order valence-electron chi connectivity index (χ1n) is 7.12. The van der Waals surface area contributed by atoms with Crippen LogP contribution in [0.15, 0.2) is 24.3 Å². The van der Waals surface area contributed by atoms with Crippen molar-refractivity contribution < 1.29 is 4.79 Å². The highest BCUT2D eigenvalue weighted by Crippen LogP contribution is 2.69. The highest BCUT2D eigenvalue weighted by Gasteiger charge is 2.67. The summed E-state index contributed by atoms with van der Waals surface area (Å²) >= 11 is 0. The molecule has 1 amide bonds. The van der Waals surface area contributed by atoms with Crippen molar-refractivity contribution >= 4 is 11.6 Å². The Morgan fingerprint density at radius 2 is 1.83 bits per heavy atom. The van der Waals surface area contributed by atoms with E-state index in [2.05, 4.69) is 5.32 Å². The van der Waals surface area contributed by atoms with E-state index in [0.717, 1.165) is 34.9 Å². The number of benzene rings is 1. The van der Waals surface area contributed by atoms with Crippen LogP contribution in [-0.2, 0) is 4.79 Å². The molecule has 1 N–H and O–H groups in total. The normalized spacial score (nSPS) is 39.5. The van der Waals surface area contributed by atoms with Crippen LogP contribution in [0.5, 0.6) is 0 Å². The number of hydrogen-bond acceptors (Lipinski definition) is 1. The second-order valence-corrected chi connectivity index (χ2v) is 6.32. The minimum Gasteiger partial charge on any atom is -0.326 e. The molecule has 1 aromatic rings. The van der Waals surface area contributed by atoms with Gasteiger partial charge in [-0.05, 0) is 61.5 Å². The lowest BCUT2D eigenvalue weighted by Crippen LogP contribution is -2.19. The van der Waals surface area contributed by atoms with E-state index in [9.17, 15) is 4.79 Å². The van der Waals surface area contributed by atoms with Crippen LogP contribution < -0.4 is 5.32 Å². The number of anilines is 1. The van der Waals surface area contributed by atoms with Gasteiger partial charge in [0.25, 0.3) is 0 Å². The van der Waals surface area contributed by atoms with Crippen molar-refractivity contribution in [2.75, 3.05) is 5.32 Å². The van der Waals surface area contributed by atoms with Gasteiger partial charge in [-0.15, -0.1) is 0 Å². The molecule has 2 bridgehead atoms. The maximum atomic E-state index is 12.3. The maximum Gasteiger partial charge on any atom is 0.228 e. The zero-order valence-electron chi connectivity index (χ0n) is 10.7. The van der Waals surface area contributed by atoms with Crippen molar-refractivity contribution in [3.63, 3.8) is 0 Å². The predicted molar refractivity (Wildman–Crippen MR) is 71.1 cm³/mol. The number of hydrogen-bond donors (Lipinski definition) is 1. The van der Waals surface area contributed by atoms with Gasteiger partial charge in [0.2, 0.25) is 5.91 Å². The van der Waals surface area contributed by atoms with Gasteiger partial charge in [-0.2, -0.15) is 0 Å². The molecular weight excluding hydrogens is 222 g/mol. The van der Waals surface area contributed by atoms with Crippen LogP contribution in [0.25, 0.3) is 0 Å². The largest absolute Gasteiger partial charge is 0.326 e. The second-order valence-electron chi connectivity index (χ2n) is 6.32. The van der Waals surface area contributed by atoms with E-state index in [-0.39, 0.29) is 5.91 Å². The summed E-state index contributed by atoms with van der Waals surface area (Å²) in [5.74, 6) is 3.80. The minimum atomic E-state index is 0.274. The summed E-state index contributed by atoms with van der Waals surface area (Å²) in [5.41, 5.74) is 2.14. The second kappa shape index (κ2) is 3.59. The zero-order chi connectivity index (χ0) is 12.3. The van der Waals surface area contributed by atoms with Gasteiger partial charge in [-0.1, -0.05) is 18.2 Å². The summed E-state index contributed by atoms with van der Waals surface area (Å²) in [6, 6.07) is 8.05. The number of carbonyl (C=O) groups excluding carboxylic acids is 1. The third-order valence-corrected chi connectivity index (χ3v) is 5.44. The van der Waals surface area contributed by atoms with Gasteiger partial charge in [-0.3, -0.25) is 4.79 Å². The minimum absolute atomic E-state index is 0.274. The number of nitrogens with one attached hydrogen (secondary N) is 1. The van der Waals surface area contributed by atoms with Crippen LogP contribution in [-0.4, -0.2) is 5.91 Å². The smallest absolute Gasteiger partial charge is 0.228 e. The standard InChI is InChI=1S/C16H19NO/c1-9-4-2-3-5-12(9)17-16(18)15-13-10-6-7-11(8-10)14(13)15/h2-5,10-11,13-15H,6-8H2,1H3,(H,17,18)/t10-,11-,13-,14+,15?/m1/s1. The molecule has 3 aliphatic carbocycles. The lowest BCUT2D eigenvalue weighted by Gasteiger charge is -2.11. The molecule has 0 saturated heterocycles. The third kappa shape index (κ3) is 1.38. The molecule has 2 nitrogen and oxygen atoms in total. The van der Waals surface area contributed by atoms with Crippen LogP contribution in [0.4, 0.5) is 5.69 Å². The van der Waals surface area contributed by atoms with Gasteiger partial charge in [-0.25, -0.2) is 0 Å². The molecule has 5 atom stereocenters. The van der Waals surface area contributed by atoms with Crippen LogP contribution in [0.1, 0.15) is 24.8 Å². The molecule has 2 heteroatoms. The Bertz CT molecular complexity index is 494. The van der Waals surface area contributed by atoms with E-state index < -0.39 is 0 Å². The van der Waals surface area contributed by atoms with Gasteiger partial charge in [0.15, 0.2) is 0 Å². The molecule has 18 heavy (non-hydrogen) atoms. The molecule has 0 heterocycles. The van der Waals surface area contributed by atoms with Crippen LogP contribution in [0.2, 0.25) is 0 Å². The van der Waals surface area contributed by atoms with E-state index in [1.165, 1.54) is 19.3 Å². The molecule has 3 saturated carbocycles. The van der Waals surface area contributed by atoms with Crippen LogP contribution >= 0.6 is 0 Å². The molecule has 0 radical (unpaired) electrons. The summed E-state index contributed by atoms with van der Waals surface area (Å²) < 4.78 is 0. The molecular formula is C16H19NO. The van der Waals surface area contributed by atoms with E-state index in [4.69, 9.17) is 0 Å². The predicted octanol–water partition coefficient (Wildman–Crippen LogP) is 3.23. The highest BCUT2D eigenvalue weighted by atomic mass is 16.2. The Hall–Kier alpha value is -1.31. The number of aryl methyl sites for hydroxylation is 1. The van der Waals surface area contributed by atoms with E-state index in [1.807, 2.05) is 31.2 Å². The first kappa shape index (κ1) is 10.6. The lowest BCUT2D eigenvalue weighted by atomic mass is 10.0. The first-order valence-corrected chi connectivity index (χ1v) is 7.12. The maximum absolute atomic E-state index is 12.3. The van der Waals surface area contributed by atoms with Crippen molar-refractivity contribution in [3.05, 3.63) is 29.8 Å². The highest BCUT2D eigenvalue weighted by molar-refractivity contribution is 5.95. The quantitative estimate of drug-likeness (QED) is 0.846. The Morgan fingerprint density at radius 1 is 1.17 bits per heavy atom. The summed E-state index contributed by atoms with van der Waals surface area (Å²) in [7, 11) is 0. The number of carbonyl (C=O) groups is 1. The van der Waals surface area contributed by atoms with E-state index in [1.54, 1.807) is 0 Å².